The fourth-order valence-corrected chi connectivity index (χ4v) is 4.44. The Kier molecular flexibility index (Phi) is 9.84. The highest BCUT2D eigenvalue weighted by molar-refractivity contribution is 5.98. The van der Waals surface area contributed by atoms with Gasteiger partial charge in [0.05, 0.1) is 11.7 Å². The van der Waals surface area contributed by atoms with Crippen molar-refractivity contribution in [2.45, 2.75) is 52.3 Å². The van der Waals surface area contributed by atoms with Crippen molar-refractivity contribution in [3.63, 3.8) is 0 Å². The van der Waals surface area contributed by atoms with Gasteiger partial charge in [0.15, 0.2) is 0 Å². The standard InChI is InChI=1S/C28H38FN3O4/c1-6-9-27(33)30-22-12-13-23-25(14-22)36-18-20(3)32(16-21-10-7-8-11-24(21)29)15-19(2)26(35-5)17-31(4)28(23)34/h7-8,10-14,19-20,26H,6,9,15-18H2,1-5H3,(H,30,33)/t19-,20+,26-/m1/s1. The van der Waals surface area contributed by atoms with Crippen molar-refractivity contribution in [3.05, 3.63) is 59.4 Å². The van der Waals surface area contributed by atoms with Gasteiger partial charge in [-0.3, -0.25) is 14.5 Å². The number of amides is 2. The molecule has 196 valence electrons. The van der Waals surface area contributed by atoms with Crippen LogP contribution in [0, 0.1) is 11.7 Å². The van der Waals surface area contributed by atoms with Crippen LogP contribution < -0.4 is 10.1 Å². The minimum absolute atomic E-state index is 0.0783. The molecule has 2 aromatic rings. The molecule has 0 spiro atoms. The van der Waals surface area contributed by atoms with E-state index >= 15 is 0 Å². The first-order valence-corrected chi connectivity index (χ1v) is 12.6. The summed E-state index contributed by atoms with van der Waals surface area (Å²) in [4.78, 5) is 29.3. The van der Waals surface area contributed by atoms with Gasteiger partial charge < -0.3 is 19.7 Å². The van der Waals surface area contributed by atoms with E-state index in [1.807, 2.05) is 19.9 Å². The minimum atomic E-state index is -0.240. The summed E-state index contributed by atoms with van der Waals surface area (Å²) < 4.78 is 26.5. The summed E-state index contributed by atoms with van der Waals surface area (Å²) in [5.74, 6) is -0.0238. The predicted octanol–water partition coefficient (Wildman–Crippen LogP) is 4.57. The number of hydrogen-bond acceptors (Lipinski definition) is 5. The van der Waals surface area contributed by atoms with Gasteiger partial charge in [-0.25, -0.2) is 4.39 Å². The zero-order valence-corrected chi connectivity index (χ0v) is 21.9. The molecular formula is C28H38FN3O4. The Morgan fingerprint density at radius 1 is 1.19 bits per heavy atom. The van der Waals surface area contributed by atoms with Crippen LogP contribution in [0.15, 0.2) is 42.5 Å². The number of anilines is 1. The third kappa shape index (κ3) is 7.04. The molecule has 1 aliphatic heterocycles. The van der Waals surface area contributed by atoms with Crippen molar-refractivity contribution in [1.82, 2.24) is 9.80 Å². The molecule has 36 heavy (non-hydrogen) atoms. The van der Waals surface area contributed by atoms with Gasteiger partial charge in [0, 0.05) is 63.6 Å². The lowest BCUT2D eigenvalue weighted by molar-refractivity contribution is -0.116. The van der Waals surface area contributed by atoms with E-state index in [-0.39, 0.29) is 42.3 Å². The first-order valence-electron chi connectivity index (χ1n) is 12.6. The lowest BCUT2D eigenvalue weighted by Crippen LogP contribution is -2.46. The number of carbonyl (C=O) groups is 2. The van der Waals surface area contributed by atoms with E-state index in [1.54, 1.807) is 49.4 Å². The molecule has 0 fully saturated rings. The van der Waals surface area contributed by atoms with Gasteiger partial charge in [-0.15, -0.1) is 0 Å². The Bertz CT molecular complexity index is 1050. The molecule has 0 radical (unpaired) electrons. The van der Waals surface area contributed by atoms with E-state index in [1.165, 1.54) is 6.07 Å². The molecule has 2 aromatic carbocycles. The van der Waals surface area contributed by atoms with Crippen LogP contribution in [0.3, 0.4) is 0 Å². The quantitative estimate of drug-likeness (QED) is 0.631. The van der Waals surface area contributed by atoms with Crippen molar-refractivity contribution in [1.29, 1.82) is 0 Å². The van der Waals surface area contributed by atoms with Gasteiger partial charge in [-0.1, -0.05) is 32.0 Å². The maximum Gasteiger partial charge on any atom is 0.257 e. The minimum Gasteiger partial charge on any atom is -0.491 e. The monoisotopic (exact) mass is 499 g/mol. The maximum absolute atomic E-state index is 14.5. The van der Waals surface area contributed by atoms with Gasteiger partial charge in [-0.2, -0.15) is 0 Å². The first-order chi connectivity index (χ1) is 17.2. The van der Waals surface area contributed by atoms with E-state index in [9.17, 15) is 14.0 Å². The Labute approximate surface area is 213 Å². The summed E-state index contributed by atoms with van der Waals surface area (Å²) in [5, 5.41) is 2.87. The third-order valence-electron chi connectivity index (χ3n) is 6.67. The van der Waals surface area contributed by atoms with Crippen molar-refractivity contribution in [3.8, 4) is 5.75 Å². The van der Waals surface area contributed by atoms with Crippen molar-refractivity contribution in [2.24, 2.45) is 5.92 Å². The molecule has 1 aliphatic rings. The fraction of sp³-hybridized carbons (Fsp3) is 0.500. The smallest absolute Gasteiger partial charge is 0.257 e. The molecule has 7 nitrogen and oxygen atoms in total. The number of nitrogens with zero attached hydrogens (tertiary/aromatic N) is 2. The molecule has 0 saturated heterocycles. The molecule has 0 aliphatic carbocycles. The van der Waals surface area contributed by atoms with Crippen molar-refractivity contribution >= 4 is 17.5 Å². The summed E-state index contributed by atoms with van der Waals surface area (Å²) in [6.07, 6.45) is 0.953. The summed E-state index contributed by atoms with van der Waals surface area (Å²) in [5.41, 5.74) is 1.61. The number of hydrogen-bond donors (Lipinski definition) is 1. The molecule has 0 unspecified atom stereocenters. The normalized spacial score (nSPS) is 21.7. The highest BCUT2D eigenvalue weighted by atomic mass is 19.1. The van der Waals surface area contributed by atoms with Crippen LogP contribution in [-0.2, 0) is 16.1 Å². The summed E-state index contributed by atoms with van der Waals surface area (Å²) in [6.45, 7) is 7.80. The Morgan fingerprint density at radius 2 is 1.94 bits per heavy atom. The number of benzene rings is 2. The van der Waals surface area contributed by atoms with E-state index in [4.69, 9.17) is 9.47 Å². The van der Waals surface area contributed by atoms with Gasteiger partial charge >= 0.3 is 0 Å². The van der Waals surface area contributed by atoms with E-state index < -0.39 is 0 Å². The lowest BCUT2D eigenvalue weighted by atomic mass is 10.0. The largest absolute Gasteiger partial charge is 0.491 e. The summed E-state index contributed by atoms with van der Waals surface area (Å²) >= 11 is 0. The maximum atomic E-state index is 14.5. The second kappa shape index (κ2) is 12.8. The van der Waals surface area contributed by atoms with Gasteiger partial charge in [0.25, 0.3) is 5.91 Å². The lowest BCUT2D eigenvalue weighted by Gasteiger charge is -2.36. The van der Waals surface area contributed by atoms with Gasteiger partial charge in [-0.05, 0) is 37.5 Å². The molecule has 1 heterocycles. The number of rotatable bonds is 6. The third-order valence-corrected chi connectivity index (χ3v) is 6.67. The summed E-state index contributed by atoms with van der Waals surface area (Å²) in [7, 11) is 3.39. The van der Waals surface area contributed by atoms with Gasteiger partial charge in [0.1, 0.15) is 18.2 Å². The molecule has 1 N–H and O–H groups in total. The van der Waals surface area contributed by atoms with Crippen LogP contribution in [0.5, 0.6) is 5.75 Å². The van der Waals surface area contributed by atoms with E-state index in [0.717, 1.165) is 6.42 Å². The molecule has 3 rings (SSSR count). The van der Waals surface area contributed by atoms with Crippen LogP contribution in [-0.4, -0.2) is 67.6 Å². The molecular weight excluding hydrogens is 461 g/mol. The number of carbonyl (C=O) groups excluding carboxylic acids is 2. The Hall–Kier alpha value is -2.97. The number of fused-ring (bicyclic) bond motifs is 1. The highest BCUT2D eigenvalue weighted by Crippen LogP contribution is 2.27. The van der Waals surface area contributed by atoms with Crippen LogP contribution in [0.2, 0.25) is 0 Å². The predicted molar refractivity (Wildman–Crippen MR) is 139 cm³/mol. The van der Waals surface area contributed by atoms with Crippen LogP contribution in [0.25, 0.3) is 0 Å². The molecule has 0 saturated carbocycles. The zero-order chi connectivity index (χ0) is 26.2. The molecule has 0 aromatic heterocycles. The number of ether oxygens (including phenoxy) is 2. The average Bonchev–Trinajstić information content (AvgIpc) is 2.85. The Balaban J connectivity index is 1.94. The Morgan fingerprint density at radius 3 is 2.64 bits per heavy atom. The fourth-order valence-electron chi connectivity index (χ4n) is 4.44. The second-order valence-electron chi connectivity index (χ2n) is 9.63. The van der Waals surface area contributed by atoms with Gasteiger partial charge in [0.2, 0.25) is 5.91 Å². The molecule has 3 atom stereocenters. The van der Waals surface area contributed by atoms with E-state index in [0.29, 0.717) is 48.6 Å². The first kappa shape index (κ1) is 27.6. The summed E-state index contributed by atoms with van der Waals surface area (Å²) in [6, 6.07) is 11.8. The SMILES string of the molecule is CCCC(=O)Nc1ccc2c(c1)OC[C@H](C)N(Cc1ccccc1F)C[C@@H](C)[C@H](OC)CN(C)C2=O. The average molecular weight is 500 g/mol. The number of methoxy groups -OCH3 is 1. The zero-order valence-electron chi connectivity index (χ0n) is 21.9. The number of nitrogens with one attached hydrogen (secondary N) is 1. The molecule has 8 heteroatoms. The topological polar surface area (TPSA) is 71.1 Å². The van der Waals surface area contributed by atoms with Crippen LogP contribution in [0.4, 0.5) is 10.1 Å². The molecule has 0 bridgehead atoms. The van der Waals surface area contributed by atoms with Crippen molar-refractivity contribution < 1.29 is 23.5 Å². The van der Waals surface area contributed by atoms with Crippen LogP contribution >= 0.6 is 0 Å². The second-order valence-corrected chi connectivity index (χ2v) is 9.63. The molecule has 2 amide bonds. The number of halogens is 1. The van der Waals surface area contributed by atoms with Crippen molar-refractivity contribution in [2.75, 3.05) is 39.2 Å². The highest BCUT2D eigenvalue weighted by Gasteiger charge is 2.28. The van der Waals surface area contributed by atoms with Crippen LogP contribution in [0.1, 0.15) is 49.5 Å². The number of likely N-dealkylation sites (N-methyl/N-ethyl adjacent to an activating group) is 1. The van der Waals surface area contributed by atoms with E-state index in [2.05, 4.69) is 17.1 Å².